The summed E-state index contributed by atoms with van der Waals surface area (Å²) in [5.41, 5.74) is 0.647. The second-order valence-corrected chi connectivity index (χ2v) is 8.63. The van der Waals surface area contributed by atoms with Crippen molar-refractivity contribution in [1.29, 1.82) is 0 Å². The van der Waals surface area contributed by atoms with Crippen molar-refractivity contribution in [2.24, 2.45) is 0 Å². The first-order valence-electron chi connectivity index (χ1n) is 10.5. The number of imide groups is 2. The van der Waals surface area contributed by atoms with Gasteiger partial charge in [-0.15, -0.1) is 0 Å². The van der Waals surface area contributed by atoms with Crippen LogP contribution in [0.2, 0.25) is 5.02 Å². The van der Waals surface area contributed by atoms with Gasteiger partial charge in [-0.25, -0.2) is 14.5 Å². The van der Waals surface area contributed by atoms with Gasteiger partial charge in [-0.05, 0) is 48.6 Å². The topological polar surface area (TPSA) is 91.4 Å². The summed E-state index contributed by atoms with van der Waals surface area (Å²) in [4.78, 5) is 44.7. The predicted molar refractivity (Wildman–Crippen MR) is 120 cm³/mol. The van der Waals surface area contributed by atoms with Crippen LogP contribution in [0.1, 0.15) is 42.6 Å². The van der Waals surface area contributed by atoms with Gasteiger partial charge in [0, 0.05) is 17.5 Å². The van der Waals surface area contributed by atoms with Crippen LogP contribution in [0.25, 0.3) is 10.8 Å². The molecule has 1 aliphatic carbocycles. The average molecular weight is 449 g/mol. The Morgan fingerprint density at radius 2 is 2.00 bits per heavy atom. The van der Waals surface area contributed by atoms with Crippen LogP contribution in [0.4, 0.5) is 9.59 Å². The van der Waals surface area contributed by atoms with E-state index in [1.165, 1.54) is 6.20 Å². The molecule has 0 unspecified atom stereocenters. The van der Waals surface area contributed by atoms with E-state index in [2.05, 4.69) is 15.6 Å². The molecule has 5 amide bonds. The molecule has 1 aromatic heterocycles. The monoisotopic (exact) mass is 448 g/mol. The van der Waals surface area contributed by atoms with E-state index in [-0.39, 0.29) is 0 Å². The summed E-state index contributed by atoms with van der Waals surface area (Å²) >= 11 is 6.17. The van der Waals surface area contributed by atoms with Crippen molar-refractivity contribution in [3.05, 3.63) is 76.6 Å². The molecule has 2 aromatic carbocycles. The number of hydrogen-bond acceptors (Lipinski definition) is 4. The maximum absolute atomic E-state index is 13.4. The minimum atomic E-state index is -1.45. The number of benzene rings is 2. The van der Waals surface area contributed by atoms with Gasteiger partial charge in [0.25, 0.3) is 5.91 Å². The summed E-state index contributed by atoms with van der Waals surface area (Å²) in [5.74, 6) is -0.527. The predicted octanol–water partition coefficient (Wildman–Crippen LogP) is 4.44. The summed E-state index contributed by atoms with van der Waals surface area (Å²) in [7, 11) is 0. The maximum atomic E-state index is 13.4. The second kappa shape index (κ2) is 7.60. The van der Waals surface area contributed by atoms with Crippen LogP contribution in [-0.2, 0) is 16.8 Å². The van der Waals surface area contributed by atoms with Crippen LogP contribution in [0.5, 0.6) is 0 Å². The quantitative estimate of drug-likeness (QED) is 0.567. The Kier molecular flexibility index (Phi) is 4.86. The molecule has 8 heteroatoms. The van der Waals surface area contributed by atoms with Crippen molar-refractivity contribution >= 4 is 40.3 Å². The van der Waals surface area contributed by atoms with Crippen molar-refractivity contribution in [3.8, 4) is 0 Å². The third kappa shape index (κ3) is 3.04. The van der Waals surface area contributed by atoms with Crippen molar-refractivity contribution in [3.63, 3.8) is 0 Å². The van der Waals surface area contributed by atoms with E-state index in [1.807, 2.05) is 49.4 Å². The molecular formula is C24H21ClN4O3. The first-order valence-corrected chi connectivity index (χ1v) is 10.9. The molecule has 7 nitrogen and oxygen atoms in total. The van der Waals surface area contributed by atoms with E-state index < -0.39 is 29.6 Å². The van der Waals surface area contributed by atoms with E-state index in [0.29, 0.717) is 35.5 Å². The molecule has 1 aliphatic heterocycles. The summed E-state index contributed by atoms with van der Waals surface area (Å²) < 4.78 is 0. The number of pyridine rings is 1. The second-order valence-electron chi connectivity index (χ2n) is 8.20. The van der Waals surface area contributed by atoms with E-state index in [1.54, 1.807) is 6.07 Å². The molecule has 2 aliphatic rings. The number of amides is 5. The van der Waals surface area contributed by atoms with E-state index in [0.717, 1.165) is 21.2 Å². The van der Waals surface area contributed by atoms with Crippen LogP contribution in [-0.4, -0.2) is 27.9 Å². The van der Waals surface area contributed by atoms with Gasteiger partial charge in [-0.1, -0.05) is 54.1 Å². The van der Waals surface area contributed by atoms with Gasteiger partial charge in [0.1, 0.15) is 0 Å². The first-order chi connectivity index (χ1) is 15.4. The maximum Gasteiger partial charge on any atom is 0.333 e. The van der Waals surface area contributed by atoms with Gasteiger partial charge in [-0.2, -0.15) is 0 Å². The Hall–Kier alpha value is -3.45. The molecule has 0 radical (unpaired) electrons. The highest BCUT2D eigenvalue weighted by Gasteiger charge is 2.59. The molecular weight excluding hydrogens is 428 g/mol. The molecule has 2 atom stereocenters. The molecule has 2 N–H and O–H groups in total. The van der Waals surface area contributed by atoms with Crippen LogP contribution < -0.4 is 10.6 Å². The number of urea groups is 2. The molecule has 162 valence electrons. The fraction of sp³-hybridized carbons (Fsp3) is 0.250. The minimum Gasteiger partial charge on any atom is -0.331 e. The van der Waals surface area contributed by atoms with Crippen molar-refractivity contribution in [2.45, 2.75) is 37.8 Å². The number of nitrogens with zero attached hydrogens (tertiary/aromatic N) is 2. The third-order valence-electron chi connectivity index (χ3n) is 6.35. The van der Waals surface area contributed by atoms with Crippen molar-refractivity contribution < 1.29 is 14.4 Å². The van der Waals surface area contributed by atoms with Gasteiger partial charge < -0.3 is 5.32 Å². The van der Waals surface area contributed by atoms with Crippen LogP contribution in [0.3, 0.4) is 0 Å². The lowest BCUT2D eigenvalue weighted by atomic mass is 9.77. The number of hydrogen-bond donors (Lipinski definition) is 2. The summed E-state index contributed by atoms with van der Waals surface area (Å²) in [6.45, 7) is 1.86. The Balaban J connectivity index is 1.52. The Morgan fingerprint density at radius 1 is 1.22 bits per heavy atom. The van der Waals surface area contributed by atoms with Crippen LogP contribution in [0, 0.1) is 0 Å². The lowest BCUT2D eigenvalue weighted by molar-refractivity contribution is -0.127. The lowest BCUT2D eigenvalue weighted by Gasteiger charge is -2.38. The number of halogens is 1. The van der Waals surface area contributed by atoms with Crippen LogP contribution in [0.15, 0.2) is 54.7 Å². The number of rotatable bonds is 2. The molecule has 5 rings (SSSR count). The van der Waals surface area contributed by atoms with Gasteiger partial charge in [0.15, 0.2) is 5.54 Å². The fourth-order valence-corrected chi connectivity index (χ4v) is 5.05. The highest BCUT2D eigenvalue weighted by atomic mass is 35.5. The Morgan fingerprint density at radius 3 is 2.84 bits per heavy atom. The molecule has 0 saturated carbocycles. The number of aromatic nitrogens is 1. The third-order valence-corrected chi connectivity index (χ3v) is 6.56. The number of nitrogens with one attached hydrogen (secondary N) is 2. The zero-order valence-electron chi connectivity index (χ0n) is 17.4. The average Bonchev–Trinajstić information content (AvgIpc) is 3.03. The zero-order valence-corrected chi connectivity index (χ0v) is 18.1. The standard InChI is InChI=1S/C24H21ClN4O3/c1-14(17-9-4-7-15-6-2-3-8-18(15)17)27-22(31)29-23(32)28-21(30)24(29)11-5-10-20-19(24)12-16(25)13-26-20/h2-4,6-9,12-14H,5,10-11H2,1H3,(H,27,31)(H,28,30,32)/t14-,24-/m0/s1. The Bertz CT molecular complexity index is 1270. The number of fused-ring (bicyclic) bond motifs is 3. The lowest BCUT2D eigenvalue weighted by Crippen LogP contribution is -2.55. The smallest absolute Gasteiger partial charge is 0.331 e. The normalized spacial score (nSPS) is 20.9. The number of aryl methyl sites for hydroxylation is 1. The highest BCUT2D eigenvalue weighted by molar-refractivity contribution is 6.30. The minimum absolute atomic E-state index is 0.315. The molecule has 0 bridgehead atoms. The van der Waals surface area contributed by atoms with E-state index >= 15 is 0 Å². The largest absolute Gasteiger partial charge is 0.333 e. The molecule has 3 aromatic rings. The summed E-state index contributed by atoms with van der Waals surface area (Å²) in [6, 6.07) is 13.6. The van der Waals surface area contributed by atoms with Gasteiger partial charge in [0.05, 0.1) is 11.1 Å². The van der Waals surface area contributed by atoms with Gasteiger partial charge in [0.2, 0.25) is 0 Å². The fourth-order valence-electron chi connectivity index (χ4n) is 4.89. The van der Waals surface area contributed by atoms with Crippen molar-refractivity contribution in [2.75, 3.05) is 0 Å². The SMILES string of the molecule is C[C@H](NC(=O)N1C(=O)NC(=O)[C@@]12CCCc1ncc(Cl)cc12)c1cccc2ccccc12. The molecule has 1 fully saturated rings. The highest BCUT2D eigenvalue weighted by Crippen LogP contribution is 2.43. The molecule has 1 spiro atoms. The van der Waals surface area contributed by atoms with E-state index in [9.17, 15) is 14.4 Å². The summed E-state index contributed by atoms with van der Waals surface area (Å²) in [6.07, 6.45) is 3.10. The Labute approximate surface area is 189 Å². The van der Waals surface area contributed by atoms with Gasteiger partial charge in [-0.3, -0.25) is 15.1 Å². The molecule has 2 heterocycles. The zero-order chi connectivity index (χ0) is 22.5. The van der Waals surface area contributed by atoms with E-state index in [4.69, 9.17) is 11.6 Å². The summed E-state index contributed by atoms with van der Waals surface area (Å²) in [5, 5.41) is 7.66. The van der Waals surface area contributed by atoms with Gasteiger partial charge >= 0.3 is 12.1 Å². The first kappa shape index (κ1) is 20.5. The van der Waals surface area contributed by atoms with Crippen molar-refractivity contribution in [1.82, 2.24) is 20.5 Å². The van der Waals surface area contributed by atoms with Crippen LogP contribution >= 0.6 is 11.6 Å². The number of carbonyl (C=O) groups excluding carboxylic acids is 3. The number of carbonyl (C=O) groups is 3. The molecule has 32 heavy (non-hydrogen) atoms. The molecule has 1 saturated heterocycles.